The standard InChI is InChI=1S/C9H9Br2N5/c10-6-1-7(11)9(14-4-6)13-2-5-3-15-16-8(5)12/h1,3-4H,2H2,(H,13,14)(H3,12,15,16). The molecular formula is C9H9Br2N5. The Morgan fingerprint density at radius 3 is 2.81 bits per heavy atom. The van der Waals surface area contributed by atoms with Crippen molar-refractivity contribution >= 4 is 43.5 Å². The van der Waals surface area contributed by atoms with Crippen LogP contribution in [0.3, 0.4) is 0 Å². The molecule has 0 aliphatic rings. The Bertz CT molecular complexity index is 496. The topological polar surface area (TPSA) is 79.6 Å². The minimum absolute atomic E-state index is 0.570. The fourth-order valence-electron chi connectivity index (χ4n) is 1.19. The molecule has 5 nitrogen and oxygen atoms in total. The zero-order chi connectivity index (χ0) is 11.5. The van der Waals surface area contributed by atoms with Crippen molar-refractivity contribution in [3.63, 3.8) is 0 Å². The monoisotopic (exact) mass is 345 g/mol. The van der Waals surface area contributed by atoms with Crippen LogP contribution in [0.4, 0.5) is 11.6 Å². The minimum atomic E-state index is 0.570. The molecule has 0 bridgehead atoms. The first-order chi connectivity index (χ1) is 7.66. The van der Waals surface area contributed by atoms with E-state index in [1.807, 2.05) is 6.07 Å². The summed E-state index contributed by atoms with van der Waals surface area (Å²) in [7, 11) is 0. The molecule has 0 aliphatic heterocycles. The third kappa shape index (κ3) is 2.53. The van der Waals surface area contributed by atoms with Gasteiger partial charge in [-0.05, 0) is 37.9 Å². The van der Waals surface area contributed by atoms with Crippen LogP contribution in [0.15, 0.2) is 27.4 Å². The normalized spacial score (nSPS) is 10.4. The van der Waals surface area contributed by atoms with E-state index >= 15 is 0 Å². The third-order valence-electron chi connectivity index (χ3n) is 2.01. The van der Waals surface area contributed by atoms with E-state index in [0.29, 0.717) is 12.4 Å². The van der Waals surface area contributed by atoms with Crippen molar-refractivity contribution in [2.45, 2.75) is 6.54 Å². The number of aromatic amines is 1. The number of pyridine rings is 1. The Labute approximate surface area is 109 Å². The average molecular weight is 347 g/mol. The van der Waals surface area contributed by atoms with Crippen molar-refractivity contribution in [1.82, 2.24) is 15.2 Å². The van der Waals surface area contributed by atoms with Gasteiger partial charge < -0.3 is 11.1 Å². The molecule has 2 rings (SSSR count). The summed E-state index contributed by atoms with van der Waals surface area (Å²) >= 11 is 6.76. The lowest BCUT2D eigenvalue weighted by Crippen LogP contribution is -2.03. The molecule has 7 heteroatoms. The molecule has 16 heavy (non-hydrogen) atoms. The predicted octanol–water partition coefficient (Wildman–Crippen LogP) is 2.52. The molecule has 2 aromatic heterocycles. The fraction of sp³-hybridized carbons (Fsp3) is 0.111. The zero-order valence-corrected chi connectivity index (χ0v) is 11.3. The van der Waals surface area contributed by atoms with Crippen molar-refractivity contribution in [2.24, 2.45) is 0 Å². The maximum atomic E-state index is 5.67. The summed E-state index contributed by atoms with van der Waals surface area (Å²) in [5.41, 5.74) is 6.58. The van der Waals surface area contributed by atoms with E-state index in [1.54, 1.807) is 12.4 Å². The number of halogens is 2. The molecule has 0 saturated heterocycles. The Hall–Kier alpha value is -1.08. The number of H-pyrrole nitrogens is 1. The molecule has 0 atom stereocenters. The van der Waals surface area contributed by atoms with Gasteiger partial charge in [-0.2, -0.15) is 5.10 Å². The number of nitrogens with zero attached hydrogens (tertiary/aromatic N) is 2. The summed E-state index contributed by atoms with van der Waals surface area (Å²) in [6.07, 6.45) is 3.42. The highest BCUT2D eigenvalue weighted by atomic mass is 79.9. The van der Waals surface area contributed by atoms with Gasteiger partial charge in [-0.15, -0.1) is 0 Å². The molecule has 4 N–H and O–H groups in total. The van der Waals surface area contributed by atoms with Crippen LogP contribution in [-0.4, -0.2) is 15.2 Å². The molecule has 84 valence electrons. The van der Waals surface area contributed by atoms with E-state index in [2.05, 4.69) is 52.4 Å². The van der Waals surface area contributed by atoms with Crippen molar-refractivity contribution in [3.05, 3.63) is 33.0 Å². The summed E-state index contributed by atoms with van der Waals surface area (Å²) in [5.74, 6) is 1.34. The summed E-state index contributed by atoms with van der Waals surface area (Å²) < 4.78 is 1.82. The smallest absolute Gasteiger partial charge is 0.140 e. The first-order valence-electron chi connectivity index (χ1n) is 4.49. The van der Waals surface area contributed by atoms with Crippen LogP contribution < -0.4 is 11.1 Å². The van der Waals surface area contributed by atoms with Gasteiger partial charge in [0.25, 0.3) is 0 Å². The minimum Gasteiger partial charge on any atom is -0.384 e. The van der Waals surface area contributed by atoms with Gasteiger partial charge in [0, 0.05) is 22.8 Å². The van der Waals surface area contributed by atoms with Crippen LogP contribution in [0.25, 0.3) is 0 Å². The molecule has 0 aromatic carbocycles. The highest BCUT2D eigenvalue weighted by Crippen LogP contribution is 2.24. The van der Waals surface area contributed by atoms with E-state index in [9.17, 15) is 0 Å². The van der Waals surface area contributed by atoms with Crippen molar-refractivity contribution < 1.29 is 0 Å². The molecule has 2 heterocycles. The number of nitrogens with two attached hydrogens (primary N) is 1. The summed E-state index contributed by atoms with van der Waals surface area (Å²) in [4.78, 5) is 4.23. The number of rotatable bonds is 3. The number of anilines is 2. The number of nitrogens with one attached hydrogen (secondary N) is 2. The molecular weight excluding hydrogens is 338 g/mol. The lowest BCUT2D eigenvalue weighted by atomic mass is 10.3. The van der Waals surface area contributed by atoms with Gasteiger partial charge in [0.05, 0.1) is 10.7 Å². The molecule has 0 fully saturated rings. The molecule has 0 spiro atoms. The number of nitrogen functional groups attached to an aromatic ring is 1. The predicted molar refractivity (Wildman–Crippen MR) is 70.0 cm³/mol. The number of hydrogen-bond donors (Lipinski definition) is 3. The molecule has 2 aromatic rings. The van der Waals surface area contributed by atoms with Gasteiger partial charge in [-0.25, -0.2) is 4.98 Å². The van der Waals surface area contributed by atoms with Gasteiger partial charge in [-0.1, -0.05) is 0 Å². The Morgan fingerprint density at radius 2 is 2.19 bits per heavy atom. The highest BCUT2D eigenvalue weighted by Gasteiger charge is 2.04. The van der Waals surface area contributed by atoms with Crippen LogP contribution in [0.5, 0.6) is 0 Å². The Balaban J connectivity index is 2.08. The van der Waals surface area contributed by atoms with Crippen LogP contribution in [0.2, 0.25) is 0 Å². The SMILES string of the molecule is Nc1[nH]ncc1CNc1ncc(Br)cc1Br. The average Bonchev–Trinajstić information content (AvgIpc) is 2.63. The van der Waals surface area contributed by atoms with Crippen LogP contribution in [0, 0.1) is 0 Å². The molecule has 0 unspecified atom stereocenters. The van der Waals surface area contributed by atoms with Gasteiger partial charge in [0.1, 0.15) is 11.6 Å². The summed E-state index contributed by atoms with van der Waals surface area (Å²) in [6.45, 7) is 0.579. The Kier molecular flexibility index (Phi) is 3.45. The maximum Gasteiger partial charge on any atom is 0.140 e. The van der Waals surface area contributed by atoms with E-state index in [4.69, 9.17) is 5.73 Å². The van der Waals surface area contributed by atoms with E-state index < -0.39 is 0 Å². The van der Waals surface area contributed by atoms with Gasteiger partial charge >= 0.3 is 0 Å². The third-order valence-corrected chi connectivity index (χ3v) is 3.04. The number of hydrogen-bond acceptors (Lipinski definition) is 4. The van der Waals surface area contributed by atoms with E-state index in [1.165, 1.54) is 0 Å². The lowest BCUT2D eigenvalue weighted by molar-refractivity contribution is 1.10. The summed E-state index contributed by atoms with van der Waals surface area (Å²) in [6, 6.07) is 1.92. The first kappa shape index (κ1) is 11.4. The van der Waals surface area contributed by atoms with Crippen molar-refractivity contribution in [2.75, 3.05) is 11.1 Å². The summed E-state index contributed by atoms with van der Waals surface area (Å²) in [5, 5.41) is 9.68. The van der Waals surface area contributed by atoms with E-state index in [-0.39, 0.29) is 0 Å². The second kappa shape index (κ2) is 4.84. The maximum absolute atomic E-state index is 5.67. The molecule has 0 radical (unpaired) electrons. The first-order valence-corrected chi connectivity index (χ1v) is 6.08. The molecule has 0 aliphatic carbocycles. The highest BCUT2D eigenvalue weighted by molar-refractivity contribution is 9.11. The van der Waals surface area contributed by atoms with Crippen LogP contribution >= 0.6 is 31.9 Å². The second-order valence-electron chi connectivity index (χ2n) is 3.15. The van der Waals surface area contributed by atoms with Crippen LogP contribution in [-0.2, 0) is 6.54 Å². The van der Waals surface area contributed by atoms with Crippen LogP contribution in [0.1, 0.15) is 5.56 Å². The van der Waals surface area contributed by atoms with Gasteiger partial charge in [-0.3, -0.25) is 5.10 Å². The Morgan fingerprint density at radius 1 is 1.38 bits per heavy atom. The van der Waals surface area contributed by atoms with Crippen molar-refractivity contribution in [1.29, 1.82) is 0 Å². The fourth-order valence-corrected chi connectivity index (χ4v) is 2.31. The molecule has 0 saturated carbocycles. The zero-order valence-electron chi connectivity index (χ0n) is 8.17. The van der Waals surface area contributed by atoms with Crippen molar-refractivity contribution in [3.8, 4) is 0 Å². The van der Waals surface area contributed by atoms with Gasteiger partial charge in [0.15, 0.2) is 0 Å². The van der Waals surface area contributed by atoms with E-state index in [0.717, 1.165) is 20.3 Å². The second-order valence-corrected chi connectivity index (χ2v) is 4.92. The molecule has 0 amide bonds. The van der Waals surface area contributed by atoms with Gasteiger partial charge in [0.2, 0.25) is 0 Å². The largest absolute Gasteiger partial charge is 0.384 e. The lowest BCUT2D eigenvalue weighted by Gasteiger charge is -2.06. The quantitative estimate of drug-likeness (QED) is 0.797. The number of aromatic nitrogens is 3.